The predicted octanol–water partition coefficient (Wildman–Crippen LogP) is 3.38. The third-order valence-electron chi connectivity index (χ3n) is 5.66. The number of aryl methyl sites for hydroxylation is 2. The predicted molar refractivity (Wildman–Crippen MR) is 118 cm³/mol. The maximum absolute atomic E-state index is 12.5. The van der Waals surface area contributed by atoms with Crippen molar-refractivity contribution in [1.82, 2.24) is 20.2 Å². The van der Waals surface area contributed by atoms with Gasteiger partial charge in [-0.3, -0.25) is 9.69 Å². The van der Waals surface area contributed by atoms with Gasteiger partial charge in [0.15, 0.2) is 0 Å². The van der Waals surface area contributed by atoms with Crippen LogP contribution in [-0.4, -0.2) is 53.6 Å². The third-order valence-corrected chi connectivity index (χ3v) is 5.66. The highest BCUT2D eigenvalue weighted by atomic mass is 16.5. The summed E-state index contributed by atoms with van der Waals surface area (Å²) in [4.78, 5) is 22.8. The van der Waals surface area contributed by atoms with Crippen LogP contribution in [0, 0.1) is 6.92 Å². The summed E-state index contributed by atoms with van der Waals surface area (Å²) in [6, 6.07) is 16.7. The number of hydrogen-bond donors (Lipinski definition) is 2. The van der Waals surface area contributed by atoms with Gasteiger partial charge >= 0.3 is 0 Å². The Hall–Kier alpha value is -2.70. The molecule has 0 aliphatic carbocycles. The van der Waals surface area contributed by atoms with Gasteiger partial charge in [0.1, 0.15) is 5.82 Å². The van der Waals surface area contributed by atoms with Gasteiger partial charge in [-0.25, -0.2) is 4.98 Å². The summed E-state index contributed by atoms with van der Waals surface area (Å²) in [6.07, 6.45) is 2.05. The second-order valence-electron chi connectivity index (χ2n) is 7.94. The molecule has 6 heteroatoms. The minimum absolute atomic E-state index is 0.0945. The summed E-state index contributed by atoms with van der Waals surface area (Å²) in [7, 11) is 0. The van der Waals surface area contributed by atoms with Crippen LogP contribution in [0.5, 0.6) is 0 Å². The molecule has 0 spiro atoms. The Morgan fingerprint density at radius 2 is 2.03 bits per heavy atom. The van der Waals surface area contributed by atoms with E-state index in [0.717, 1.165) is 56.0 Å². The molecule has 0 unspecified atom stereocenters. The molecule has 1 atom stereocenters. The number of rotatable bonds is 8. The van der Waals surface area contributed by atoms with Crippen molar-refractivity contribution >= 4 is 16.9 Å². The first-order valence-corrected chi connectivity index (χ1v) is 10.8. The van der Waals surface area contributed by atoms with Crippen LogP contribution < -0.4 is 5.32 Å². The quantitative estimate of drug-likeness (QED) is 0.602. The number of nitrogens with one attached hydrogen (secondary N) is 2. The first kappa shape index (κ1) is 20.6. The van der Waals surface area contributed by atoms with Gasteiger partial charge in [0.05, 0.1) is 30.3 Å². The van der Waals surface area contributed by atoms with Crippen molar-refractivity contribution < 1.29 is 9.53 Å². The van der Waals surface area contributed by atoms with Crippen LogP contribution >= 0.6 is 0 Å². The van der Waals surface area contributed by atoms with Crippen molar-refractivity contribution in [2.75, 3.05) is 32.8 Å². The number of amides is 1. The molecule has 1 aromatic heterocycles. The number of carbonyl (C=O) groups is 1. The van der Waals surface area contributed by atoms with Crippen molar-refractivity contribution in [3.63, 3.8) is 0 Å². The van der Waals surface area contributed by atoms with Gasteiger partial charge in [0.25, 0.3) is 0 Å². The van der Waals surface area contributed by atoms with Gasteiger partial charge < -0.3 is 15.0 Å². The lowest BCUT2D eigenvalue weighted by molar-refractivity contribution is -0.121. The fourth-order valence-electron chi connectivity index (χ4n) is 4.06. The molecule has 3 aromatic rings. The van der Waals surface area contributed by atoms with Crippen LogP contribution in [0.15, 0.2) is 48.5 Å². The van der Waals surface area contributed by atoms with E-state index in [1.165, 1.54) is 11.1 Å². The van der Waals surface area contributed by atoms with Gasteiger partial charge in [-0.15, -0.1) is 0 Å². The molecule has 2 N–H and O–H groups in total. The third kappa shape index (κ3) is 5.26. The van der Waals surface area contributed by atoms with Crippen LogP contribution in [0.3, 0.4) is 0 Å². The highest BCUT2D eigenvalue weighted by Crippen LogP contribution is 2.22. The maximum Gasteiger partial charge on any atom is 0.220 e. The lowest BCUT2D eigenvalue weighted by Crippen LogP contribution is -2.43. The SMILES string of the molecule is Cc1cccc([C@H](CNC(=O)CCCc2nc3ccccc3[nH]2)N2CCOCC2)c1. The largest absolute Gasteiger partial charge is 0.379 e. The molecule has 0 bridgehead atoms. The molecule has 30 heavy (non-hydrogen) atoms. The molecule has 158 valence electrons. The number of fused-ring (bicyclic) bond motifs is 1. The van der Waals surface area contributed by atoms with E-state index in [9.17, 15) is 4.79 Å². The van der Waals surface area contributed by atoms with E-state index in [4.69, 9.17) is 4.74 Å². The number of nitrogens with zero attached hydrogens (tertiary/aromatic N) is 2. The molecule has 2 aromatic carbocycles. The zero-order chi connectivity index (χ0) is 20.8. The van der Waals surface area contributed by atoms with Crippen molar-refractivity contribution in [1.29, 1.82) is 0 Å². The number of morpholine rings is 1. The molecular weight excluding hydrogens is 376 g/mol. The van der Waals surface area contributed by atoms with Crippen molar-refractivity contribution in [2.24, 2.45) is 0 Å². The zero-order valence-electron chi connectivity index (χ0n) is 17.6. The Balaban J connectivity index is 1.30. The number of aromatic amines is 1. The van der Waals surface area contributed by atoms with Gasteiger partial charge in [0, 0.05) is 32.5 Å². The average molecular weight is 407 g/mol. The van der Waals surface area contributed by atoms with Crippen LogP contribution in [0.1, 0.15) is 35.8 Å². The minimum atomic E-state index is 0.0945. The van der Waals surface area contributed by atoms with Crippen molar-refractivity contribution in [3.8, 4) is 0 Å². The lowest BCUT2D eigenvalue weighted by atomic mass is 10.0. The normalized spacial score (nSPS) is 15.9. The molecule has 6 nitrogen and oxygen atoms in total. The lowest BCUT2D eigenvalue weighted by Gasteiger charge is -2.35. The number of H-pyrrole nitrogens is 1. The van der Waals surface area contributed by atoms with Gasteiger partial charge in [-0.05, 0) is 31.0 Å². The number of hydrogen-bond acceptors (Lipinski definition) is 4. The average Bonchev–Trinajstić information content (AvgIpc) is 3.17. The van der Waals surface area contributed by atoms with Crippen molar-refractivity contribution in [2.45, 2.75) is 32.2 Å². The fraction of sp³-hybridized carbons (Fsp3) is 0.417. The molecule has 1 aliphatic rings. The summed E-state index contributed by atoms with van der Waals surface area (Å²) in [6.45, 7) is 5.99. The fourth-order valence-corrected chi connectivity index (χ4v) is 4.06. The number of benzene rings is 2. The second kappa shape index (κ2) is 9.87. The minimum Gasteiger partial charge on any atom is -0.379 e. The summed E-state index contributed by atoms with van der Waals surface area (Å²) < 4.78 is 5.51. The summed E-state index contributed by atoms with van der Waals surface area (Å²) >= 11 is 0. The molecule has 1 aliphatic heterocycles. The second-order valence-corrected chi connectivity index (χ2v) is 7.94. The molecule has 0 saturated carbocycles. The number of ether oxygens (including phenoxy) is 1. The van der Waals surface area contributed by atoms with Crippen LogP contribution in [0.4, 0.5) is 0 Å². The number of aromatic nitrogens is 2. The molecule has 1 amide bonds. The summed E-state index contributed by atoms with van der Waals surface area (Å²) in [5.74, 6) is 1.03. The molecule has 0 radical (unpaired) electrons. The topological polar surface area (TPSA) is 70.2 Å². The highest BCUT2D eigenvalue weighted by Gasteiger charge is 2.23. The van der Waals surface area contributed by atoms with E-state index in [1.54, 1.807) is 0 Å². The van der Waals surface area contributed by atoms with E-state index in [-0.39, 0.29) is 11.9 Å². The maximum atomic E-state index is 12.5. The first-order valence-electron chi connectivity index (χ1n) is 10.8. The smallest absolute Gasteiger partial charge is 0.220 e. The first-order chi connectivity index (χ1) is 14.7. The van der Waals surface area contributed by atoms with Crippen LogP contribution in [0.25, 0.3) is 11.0 Å². The van der Waals surface area contributed by atoms with E-state index in [1.807, 2.05) is 24.3 Å². The Bertz CT molecular complexity index is 945. The van der Waals surface area contributed by atoms with Gasteiger partial charge in [-0.1, -0.05) is 42.0 Å². The monoisotopic (exact) mass is 406 g/mol. The zero-order valence-corrected chi connectivity index (χ0v) is 17.6. The van der Waals surface area contributed by atoms with Crippen molar-refractivity contribution in [3.05, 3.63) is 65.5 Å². The summed E-state index contributed by atoms with van der Waals surface area (Å²) in [5, 5.41) is 3.16. The van der Waals surface area contributed by atoms with E-state index < -0.39 is 0 Å². The Morgan fingerprint density at radius 1 is 1.20 bits per heavy atom. The van der Waals surface area contributed by atoms with Crippen LogP contribution in [0.2, 0.25) is 0 Å². The van der Waals surface area contributed by atoms with Gasteiger partial charge in [0.2, 0.25) is 5.91 Å². The van der Waals surface area contributed by atoms with Crippen LogP contribution in [-0.2, 0) is 16.0 Å². The van der Waals surface area contributed by atoms with E-state index in [0.29, 0.717) is 13.0 Å². The standard InChI is InChI=1S/C24H30N4O2/c1-18-6-4-7-19(16-18)22(28-12-14-30-15-13-28)17-25-24(29)11-5-10-23-26-20-8-2-3-9-21(20)27-23/h2-4,6-9,16,22H,5,10-15,17H2,1H3,(H,25,29)(H,26,27)/t22-/m0/s1. The Morgan fingerprint density at radius 3 is 2.83 bits per heavy atom. The molecular formula is C24H30N4O2. The number of imidazole rings is 1. The van der Waals surface area contributed by atoms with E-state index >= 15 is 0 Å². The number of para-hydroxylation sites is 2. The highest BCUT2D eigenvalue weighted by molar-refractivity contribution is 5.76. The molecule has 1 fully saturated rings. The van der Waals surface area contributed by atoms with Gasteiger partial charge in [-0.2, -0.15) is 0 Å². The Labute approximate surface area is 177 Å². The van der Waals surface area contributed by atoms with E-state index in [2.05, 4.69) is 51.4 Å². The molecule has 1 saturated heterocycles. The molecule has 2 heterocycles. The molecule has 4 rings (SSSR count). The summed E-state index contributed by atoms with van der Waals surface area (Å²) in [5.41, 5.74) is 4.51. The Kier molecular flexibility index (Phi) is 6.77. The number of carbonyl (C=O) groups excluding carboxylic acids is 1.